The number of carboxylic acid groups (broad SMARTS) is 1. The van der Waals surface area contributed by atoms with E-state index in [0.717, 1.165) is 22.6 Å². The van der Waals surface area contributed by atoms with Crippen LogP contribution in [0.4, 0.5) is 0 Å². The number of nitrogens with zero attached hydrogens (tertiary/aromatic N) is 1. The summed E-state index contributed by atoms with van der Waals surface area (Å²) < 4.78 is 1.99. The van der Waals surface area contributed by atoms with Crippen molar-refractivity contribution in [1.82, 2.24) is 4.57 Å². The highest BCUT2D eigenvalue weighted by atomic mass is 16.4. The van der Waals surface area contributed by atoms with E-state index in [2.05, 4.69) is 0 Å². The summed E-state index contributed by atoms with van der Waals surface area (Å²) in [7, 11) is 0. The zero-order chi connectivity index (χ0) is 15.0. The van der Waals surface area contributed by atoms with Crippen molar-refractivity contribution in [2.24, 2.45) is 0 Å². The molecule has 0 saturated heterocycles. The predicted molar refractivity (Wildman–Crippen MR) is 77.7 cm³/mol. The molecule has 1 aromatic carbocycles. The highest BCUT2D eigenvalue weighted by Crippen LogP contribution is 2.35. The number of rotatable bonds is 3. The van der Waals surface area contributed by atoms with Crippen LogP contribution in [-0.4, -0.2) is 20.7 Å². The van der Waals surface area contributed by atoms with Crippen molar-refractivity contribution in [3.8, 4) is 11.4 Å². The number of aromatic nitrogens is 1. The number of carbonyl (C=O) groups is 1. The van der Waals surface area contributed by atoms with Crippen molar-refractivity contribution in [3.63, 3.8) is 0 Å². The Balaban J connectivity index is 2.82. The molecule has 0 aliphatic heterocycles. The predicted octanol–water partition coefficient (Wildman–Crippen LogP) is 3.30. The van der Waals surface area contributed by atoms with E-state index in [1.807, 2.05) is 43.5 Å². The Bertz CT molecular complexity index is 651. The van der Waals surface area contributed by atoms with Crippen LogP contribution in [0.2, 0.25) is 0 Å². The second-order valence-corrected chi connectivity index (χ2v) is 5.18. The lowest BCUT2D eigenvalue weighted by atomic mass is 9.95. The normalized spacial score (nSPS) is 12.4. The van der Waals surface area contributed by atoms with Crippen LogP contribution in [0.5, 0.6) is 5.75 Å². The molecule has 0 amide bonds. The van der Waals surface area contributed by atoms with E-state index in [4.69, 9.17) is 0 Å². The molecule has 1 heterocycles. The summed E-state index contributed by atoms with van der Waals surface area (Å²) >= 11 is 0. The van der Waals surface area contributed by atoms with Gasteiger partial charge in [-0.15, -0.1) is 0 Å². The Morgan fingerprint density at radius 2 is 1.65 bits per heavy atom. The van der Waals surface area contributed by atoms with Crippen LogP contribution in [0.25, 0.3) is 5.69 Å². The second kappa shape index (κ2) is 5.04. The van der Waals surface area contributed by atoms with E-state index in [-0.39, 0.29) is 5.75 Å². The van der Waals surface area contributed by atoms with Gasteiger partial charge in [-0.25, -0.2) is 0 Å². The molecule has 2 aromatic rings. The molecule has 0 aliphatic rings. The van der Waals surface area contributed by atoms with Gasteiger partial charge in [0.25, 0.3) is 0 Å². The van der Waals surface area contributed by atoms with Gasteiger partial charge in [0, 0.05) is 17.0 Å². The quantitative estimate of drug-likeness (QED) is 0.902. The van der Waals surface area contributed by atoms with Crippen LogP contribution >= 0.6 is 0 Å². The molecule has 0 radical (unpaired) electrons. The molecular weight excluding hydrogens is 254 g/mol. The van der Waals surface area contributed by atoms with Gasteiger partial charge in [0.15, 0.2) is 0 Å². The average Bonchev–Trinajstić information content (AvgIpc) is 2.71. The third kappa shape index (κ3) is 2.18. The van der Waals surface area contributed by atoms with E-state index in [9.17, 15) is 15.0 Å². The third-order valence-electron chi connectivity index (χ3n) is 3.69. The molecule has 1 unspecified atom stereocenters. The zero-order valence-electron chi connectivity index (χ0n) is 12.1. The van der Waals surface area contributed by atoms with Crippen molar-refractivity contribution in [2.45, 2.75) is 33.6 Å². The molecular formula is C16H19NO3. The Morgan fingerprint density at radius 3 is 2.15 bits per heavy atom. The lowest BCUT2D eigenvalue weighted by molar-refractivity contribution is -0.138. The van der Waals surface area contributed by atoms with Crippen molar-refractivity contribution < 1.29 is 15.0 Å². The summed E-state index contributed by atoms with van der Waals surface area (Å²) in [5.41, 5.74) is 4.18. The zero-order valence-corrected chi connectivity index (χ0v) is 12.1. The van der Waals surface area contributed by atoms with Gasteiger partial charge in [-0.2, -0.15) is 0 Å². The molecule has 2 rings (SSSR count). The van der Waals surface area contributed by atoms with Gasteiger partial charge in [0.1, 0.15) is 5.75 Å². The lowest BCUT2D eigenvalue weighted by Gasteiger charge is -2.21. The molecule has 4 nitrogen and oxygen atoms in total. The fraction of sp³-hybridized carbons (Fsp3) is 0.312. The molecule has 1 aromatic heterocycles. The number of phenols is 1. The molecule has 0 spiro atoms. The van der Waals surface area contributed by atoms with Crippen molar-refractivity contribution >= 4 is 5.97 Å². The van der Waals surface area contributed by atoms with Gasteiger partial charge in [0.05, 0.1) is 11.6 Å². The highest BCUT2D eigenvalue weighted by Gasteiger charge is 2.24. The van der Waals surface area contributed by atoms with Gasteiger partial charge in [-0.3, -0.25) is 4.79 Å². The third-order valence-corrected chi connectivity index (χ3v) is 3.69. The summed E-state index contributed by atoms with van der Waals surface area (Å²) in [6.07, 6.45) is 0. The molecule has 106 valence electrons. The highest BCUT2D eigenvalue weighted by molar-refractivity contribution is 5.79. The van der Waals surface area contributed by atoms with Gasteiger partial charge in [-0.1, -0.05) is 6.07 Å². The van der Waals surface area contributed by atoms with Gasteiger partial charge in [0.2, 0.25) is 0 Å². The Kier molecular flexibility index (Phi) is 3.57. The SMILES string of the molecule is Cc1ccc(O)c(C(C)C(=O)O)c1-n1c(C)ccc1C. The topological polar surface area (TPSA) is 62.5 Å². The first-order valence-corrected chi connectivity index (χ1v) is 6.55. The number of hydrogen-bond acceptors (Lipinski definition) is 2. The van der Waals surface area contributed by atoms with Crippen molar-refractivity contribution in [2.75, 3.05) is 0 Å². The standard InChI is InChI=1S/C16H19NO3/c1-9-5-8-13(18)14(12(4)16(19)20)15(9)17-10(2)6-7-11(17)3/h5-8,12,18H,1-4H3,(H,19,20). The number of carboxylic acids is 1. The first kappa shape index (κ1) is 14.2. The largest absolute Gasteiger partial charge is 0.508 e. The smallest absolute Gasteiger partial charge is 0.310 e. The Labute approximate surface area is 118 Å². The van der Waals surface area contributed by atoms with Crippen LogP contribution in [0.1, 0.15) is 35.4 Å². The van der Waals surface area contributed by atoms with Crippen LogP contribution < -0.4 is 0 Å². The maximum absolute atomic E-state index is 11.3. The molecule has 2 N–H and O–H groups in total. The fourth-order valence-corrected chi connectivity index (χ4v) is 2.57. The molecule has 20 heavy (non-hydrogen) atoms. The Morgan fingerprint density at radius 1 is 1.10 bits per heavy atom. The van der Waals surface area contributed by atoms with E-state index in [0.29, 0.717) is 5.56 Å². The molecule has 0 aliphatic carbocycles. The fourth-order valence-electron chi connectivity index (χ4n) is 2.57. The van der Waals surface area contributed by atoms with E-state index < -0.39 is 11.9 Å². The van der Waals surface area contributed by atoms with Crippen LogP contribution in [0.3, 0.4) is 0 Å². The minimum Gasteiger partial charge on any atom is -0.508 e. The number of hydrogen-bond donors (Lipinski definition) is 2. The minimum absolute atomic E-state index is 0.0213. The first-order chi connectivity index (χ1) is 9.34. The van der Waals surface area contributed by atoms with Gasteiger partial charge >= 0.3 is 5.97 Å². The van der Waals surface area contributed by atoms with E-state index in [1.165, 1.54) is 0 Å². The maximum Gasteiger partial charge on any atom is 0.310 e. The van der Waals surface area contributed by atoms with E-state index >= 15 is 0 Å². The van der Waals surface area contributed by atoms with Crippen LogP contribution in [-0.2, 0) is 4.79 Å². The molecule has 4 heteroatoms. The number of benzene rings is 1. The summed E-state index contributed by atoms with van der Waals surface area (Å²) in [6, 6.07) is 7.32. The minimum atomic E-state index is -0.949. The number of aryl methyl sites for hydroxylation is 3. The molecule has 0 fully saturated rings. The molecule has 0 saturated carbocycles. The lowest BCUT2D eigenvalue weighted by Crippen LogP contribution is -2.13. The monoisotopic (exact) mass is 273 g/mol. The first-order valence-electron chi connectivity index (χ1n) is 6.55. The van der Waals surface area contributed by atoms with Crippen LogP contribution in [0, 0.1) is 20.8 Å². The van der Waals surface area contributed by atoms with Crippen molar-refractivity contribution in [3.05, 3.63) is 46.8 Å². The summed E-state index contributed by atoms with van der Waals surface area (Å²) in [5.74, 6) is -1.70. The summed E-state index contributed by atoms with van der Waals surface area (Å²) in [5, 5.41) is 19.4. The molecule has 1 atom stereocenters. The average molecular weight is 273 g/mol. The van der Waals surface area contributed by atoms with Crippen molar-refractivity contribution in [1.29, 1.82) is 0 Å². The second-order valence-electron chi connectivity index (χ2n) is 5.18. The number of phenolic OH excluding ortho intramolecular Hbond substituents is 1. The Hall–Kier alpha value is -2.23. The number of aliphatic carboxylic acids is 1. The van der Waals surface area contributed by atoms with Gasteiger partial charge in [-0.05, 0) is 51.5 Å². The number of aromatic hydroxyl groups is 1. The summed E-state index contributed by atoms with van der Waals surface area (Å²) in [6.45, 7) is 7.44. The van der Waals surface area contributed by atoms with Crippen LogP contribution in [0.15, 0.2) is 24.3 Å². The summed E-state index contributed by atoms with van der Waals surface area (Å²) in [4.78, 5) is 11.3. The molecule has 0 bridgehead atoms. The van der Waals surface area contributed by atoms with Gasteiger partial charge < -0.3 is 14.8 Å². The maximum atomic E-state index is 11.3. The van der Waals surface area contributed by atoms with E-state index in [1.54, 1.807) is 13.0 Å².